The number of aliphatic hydroxyl groups excluding tert-OH is 1. The van der Waals surface area contributed by atoms with E-state index < -0.39 is 10.2 Å². The summed E-state index contributed by atoms with van der Waals surface area (Å²) in [6.07, 6.45) is 4.37. The largest absolute Gasteiger partial charge is 0.395 e. The van der Waals surface area contributed by atoms with E-state index >= 15 is 0 Å². The van der Waals surface area contributed by atoms with Crippen LogP contribution in [-0.2, 0) is 10.2 Å². The average molecular weight is 319 g/mol. The van der Waals surface area contributed by atoms with Gasteiger partial charge in [-0.3, -0.25) is 0 Å². The summed E-state index contributed by atoms with van der Waals surface area (Å²) in [4.78, 5) is 0. The third-order valence-electron chi connectivity index (χ3n) is 3.64. The van der Waals surface area contributed by atoms with E-state index in [2.05, 4.69) is 25.7 Å². The number of rotatable bonds is 9. The summed E-state index contributed by atoms with van der Waals surface area (Å²) in [6.45, 7) is 9.07. The van der Waals surface area contributed by atoms with E-state index in [0.29, 0.717) is 19.1 Å². The van der Waals surface area contributed by atoms with Crippen molar-refractivity contribution in [3.63, 3.8) is 0 Å². The minimum absolute atomic E-state index is 0.0165. The predicted octanol–water partition coefficient (Wildman–Crippen LogP) is 0.564. The van der Waals surface area contributed by atoms with Gasteiger partial charge in [-0.15, -0.1) is 6.58 Å². The van der Waals surface area contributed by atoms with Crippen LogP contribution in [0.2, 0.25) is 0 Å². The molecule has 0 saturated carbocycles. The number of hydrogen-bond acceptors (Lipinski definition) is 4. The third kappa shape index (κ3) is 5.34. The van der Waals surface area contributed by atoms with Gasteiger partial charge >= 0.3 is 0 Å². The predicted molar refractivity (Wildman–Crippen MR) is 85.3 cm³/mol. The minimum Gasteiger partial charge on any atom is -0.395 e. The molecular weight excluding hydrogens is 290 g/mol. The van der Waals surface area contributed by atoms with E-state index in [1.165, 1.54) is 4.31 Å². The molecule has 0 spiro atoms. The molecule has 0 aromatic rings. The summed E-state index contributed by atoms with van der Waals surface area (Å²) in [5.74, 6) is 0. The fraction of sp³-hybridized carbons (Fsp3) is 0.857. The van der Waals surface area contributed by atoms with Crippen LogP contribution in [-0.4, -0.2) is 67.0 Å². The number of piperidine rings is 1. The van der Waals surface area contributed by atoms with Crippen LogP contribution in [0.5, 0.6) is 0 Å². The van der Waals surface area contributed by atoms with Crippen molar-refractivity contribution >= 4 is 10.2 Å². The topological polar surface area (TPSA) is 72.9 Å². The lowest BCUT2D eigenvalue weighted by molar-refractivity contribution is 0.211. The summed E-state index contributed by atoms with van der Waals surface area (Å²) in [7, 11) is -3.55. The molecule has 0 aromatic heterocycles. The zero-order chi connectivity index (χ0) is 15.9. The molecule has 1 atom stereocenters. The van der Waals surface area contributed by atoms with Gasteiger partial charge < -0.3 is 10.4 Å². The molecular formula is C14H29N3O3S. The van der Waals surface area contributed by atoms with Crippen molar-refractivity contribution in [1.29, 1.82) is 0 Å². The zero-order valence-corrected chi connectivity index (χ0v) is 14.0. The van der Waals surface area contributed by atoms with Crippen molar-refractivity contribution in [3.05, 3.63) is 12.7 Å². The molecule has 1 heterocycles. The number of hydrogen-bond donors (Lipinski definition) is 2. The van der Waals surface area contributed by atoms with Crippen molar-refractivity contribution in [2.45, 2.75) is 45.2 Å². The van der Waals surface area contributed by atoms with E-state index in [1.54, 1.807) is 10.4 Å². The molecule has 1 rings (SSSR count). The van der Waals surface area contributed by atoms with Gasteiger partial charge in [0.15, 0.2) is 0 Å². The summed E-state index contributed by atoms with van der Waals surface area (Å²) in [5.41, 5.74) is 0. The van der Waals surface area contributed by atoms with Crippen LogP contribution in [0.4, 0.5) is 0 Å². The SMILES string of the molecule is C=CCN(CCO)S(=O)(=O)N1CCCCC1CNC(C)C. The summed E-state index contributed by atoms with van der Waals surface area (Å²) >= 11 is 0. The monoisotopic (exact) mass is 319 g/mol. The van der Waals surface area contributed by atoms with Gasteiger partial charge in [0.05, 0.1) is 6.61 Å². The molecule has 0 radical (unpaired) electrons. The lowest BCUT2D eigenvalue weighted by Crippen LogP contribution is -2.54. The molecule has 7 heteroatoms. The van der Waals surface area contributed by atoms with Crippen LogP contribution in [0.25, 0.3) is 0 Å². The first-order chi connectivity index (χ1) is 9.93. The molecule has 0 aliphatic carbocycles. The van der Waals surface area contributed by atoms with Gasteiger partial charge in [0.25, 0.3) is 10.2 Å². The fourth-order valence-electron chi connectivity index (χ4n) is 2.56. The van der Waals surface area contributed by atoms with E-state index in [9.17, 15) is 8.42 Å². The fourth-order valence-corrected chi connectivity index (χ4v) is 4.38. The maximum atomic E-state index is 12.8. The lowest BCUT2D eigenvalue weighted by Gasteiger charge is -2.38. The van der Waals surface area contributed by atoms with Gasteiger partial charge in [0, 0.05) is 38.3 Å². The highest BCUT2D eigenvalue weighted by Crippen LogP contribution is 2.22. The Bertz CT molecular complexity index is 412. The average Bonchev–Trinajstić information content (AvgIpc) is 2.45. The van der Waals surface area contributed by atoms with E-state index in [1.807, 2.05) is 0 Å². The van der Waals surface area contributed by atoms with Crippen LogP contribution < -0.4 is 5.32 Å². The smallest absolute Gasteiger partial charge is 0.282 e. The highest BCUT2D eigenvalue weighted by atomic mass is 32.2. The van der Waals surface area contributed by atoms with Gasteiger partial charge in [0.1, 0.15) is 0 Å². The second kappa shape index (κ2) is 8.85. The Morgan fingerprint density at radius 2 is 2.19 bits per heavy atom. The van der Waals surface area contributed by atoms with Crippen molar-refractivity contribution in [2.24, 2.45) is 0 Å². The third-order valence-corrected chi connectivity index (χ3v) is 5.70. The van der Waals surface area contributed by atoms with Gasteiger partial charge in [-0.2, -0.15) is 17.0 Å². The second-order valence-electron chi connectivity index (χ2n) is 5.70. The van der Waals surface area contributed by atoms with Crippen molar-refractivity contribution < 1.29 is 13.5 Å². The maximum Gasteiger partial charge on any atom is 0.282 e. The van der Waals surface area contributed by atoms with Crippen LogP contribution in [0.1, 0.15) is 33.1 Å². The lowest BCUT2D eigenvalue weighted by atomic mass is 10.0. The van der Waals surface area contributed by atoms with Gasteiger partial charge in [-0.1, -0.05) is 26.3 Å². The van der Waals surface area contributed by atoms with Crippen molar-refractivity contribution in [1.82, 2.24) is 13.9 Å². The molecule has 124 valence electrons. The highest BCUT2D eigenvalue weighted by molar-refractivity contribution is 7.86. The number of nitrogens with one attached hydrogen (secondary N) is 1. The van der Waals surface area contributed by atoms with E-state index in [-0.39, 0.29) is 25.7 Å². The first kappa shape index (κ1) is 18.6. The molecule has 0 amide bonds. The molecule has 1 fully saturated rings. The molecule has 21 heavy (non-hydrogen) atoms. The molecule has 1 saturated heterocycles. The zero-order valence-electron chi connectivity index (χ0n) is 13.2. The Labute approximate surface area is 129 Å². The first-order valence-corrected chi connectivity index (χ1v) is 9.05. The van der Waals surface area contributed by atoms with Crippen molar-refractivity contribution in [3.8, 4) is 0 Å². The van der Waals surface area contributed by atoms with Gasteiger partial charge in [-0.05, 0) is 12.8 Å². The summed E-state index contributed by atoms with van der Waals surface area (Å²) in [5, 5.41) is 12.4. The van der Waals surface area contributed by atoms with Crippen molar-refractivity contribution in [2.75, 3.05) is 32.8 Å². The molecule has 2 N–H and O–H groups in total. The first-order valence-electron chi connectivity index (χ1n) is 7.65. The molecule has 6 nitrogen and oxygen atoms in total. The maximum absolute atomic E-state index is 12.8. The van der Waals surface area contributed by atoms with Crippen LogP contribution in [0.3, 0.4) is 0 Å². The minimum atomic E-state index is -3.55. The molecule has 0 bridgehead atoms. The Balaban J connectivity index is 2.86. The Morgan fingerprint density at radius 1 is 1.48 bits per heavy atom. The summed E-state index contributed by atoms with van der Waals surface area (Å²) < 4.78 is 28.5. The molecule has 1 aliphatic rings. The van der Waals surface area contributed by atoms with E-state index in [4.69, 9.17) is 5.11 Å². The number of aliphatic hydroxyl groups is 1. The normalized spacial score (nSPS) is 21.1. The standard InChI is InChI=1S/C14H29N3O3S/c1-4-8-16(10-11-18)21(19,20)17-9-6-5-7-14(17)12-15-13(2)3/h4,13-15,18H,1,5-12H2,2-3H3. The van der Waals surface area contributed by atoms with Crippen LogP contribution in [0, 0.1) is 0 Å². The second-order valence-corrected chi connectivity index (χ2v) is 7.58. The molecule has 1 aliphatic heterocycles. The quantitative estimate of drug-likeness (QED) is 0.609. The molecule has 0 aromatic carbocycles. The summed E-state index contributed by atoms with van der Waals surface area (Å²) in [6, 6.07) is 0.315. The van der Waals surface area contributed by atoms with Crippen LogP contribution >= 0.6 is 0 Å². The Hall–Kier alpha value is -0.470. The Morgan fingerprint density at radius 3 is 2.76 bits per heavy atom. The number of nitrogens with zero attached hydrogens (tertiary/aromatic N) is 2. The van der Waals surface area contributed by atoms with Crippen LogP contribution in [0.15, 0.2) is 12.7 Å². The van der Waals surface area contributed by atoms with Gasteiger partial charge in [0.2, 0.25) is 0 Å². The van der Waals surface area contributed by atoms with Gasteiger partial charge in [-0.25, -0.2) is 0 Å². The Kier molecular flexibility index (Phi) is 7.83. The molecule has 1 unspecified atom stereocenters. The highest BCUT2D eigenvalue weighted by Gasteiger charge is 2.35. The van der Waals surface area contributed by atoms with E-state index in [0.717, 1.165) is 19.3 Å².